The lowest BCUT2D eigenvalue weighted by molar-refractivity contribution is 0.0624. The second kappa shape index (κ2) is 6.59. The lowest BCUT2D eigenvalue weighted by Crippen LogP contribution is -2.42. The number of aryl methyl sites for hydroxylation is 1. The smallest absolute Gasteiger partial charge is 0.276 e. The lowest BCUT2D eigenvalue weighted by atomic mass is 9.93. The van der Waals surface area contributed by atoms with Crippen LogP contribution in [0.1, 0.15) is 59.5 Å². The van der Waals surface area contributed by atoms with Gasteiger partial charge >= 0.3 is 0 Å². The minimum absolute atomic E-state index is 0.0111. The fourth-order valence-electron chi connectivity index (χ4n) is 2.99. The Morgan fingerprint density at radius 1 is 1.38 bits per heavy atom. The number of Topliss-reactive ketones (excluding diaryl/α,β-unsaturated/α-hetero) is 1. The first-order valence-electron chi connectivity index (χ1n) is 8.24. The summed E-state index contributed by atoms with van der Waals surface area (Å²) in [6.07, 6.45) is 4.93. The number of nitrogens with zero attached hydrogens (tertiary/aromatic N) is 4. The summed E-state index contributed by atoms with van der Waals surface area (Å²) < 4.78 is 6.93. The second-order valence-electron chi connectivity index (χ2n) is 6.59. The van der Waals surface area contributed by atoms with Crippen molar-refractivity contribution in [1.29, 1.82) is 0 Å². The van der Waals surface area contributed by atoms with Gasteiger partial charge < -0.3 is 14.0 Å². The number of ketones is 1. The molecule has 3 rings (SSSR count). The highest BCUT2D eigenvalue weighted by atomic mass is 16.5. The molecule has 1 atom stereocenters. The van der Waals surface area contributed by atoms with E-state index >= 15 is 0 Å². The van der Waals surface area contributed by atoms with E-state index in [1.54, 1.807) is 35.0 Å². The van der Waals surface area contributed by atoms with Crippen LogP contribution in [0, 0.1) is 5.92 Å². The van der Waals surface area contributed by atoms with Crippen molar-refractivity contribution in [2.24, 2.45) is 13.0 Å². The third kappa shape index (κ3) is 3.11. The van der Waals surface area contributed by atoms with Crippen molar-refractivity contribution >= 4 is 11.7 Å². The van der Waals surface area contributed by atoms with Crippen LogP contribution in [-0.2, 0) is 7.05 Å². The first-order chi connectivity index (χ1) is 11.5. The number of hydrogen-bond acceptors (Lipinski definition) is 5. The summed E-state index contributed by atoms with van der Waals surface area (Å²) in [5.41, 5.74) is 0.309. The quantitative estimate of drug-likeness (QED) is 0.803. The van der Waals surface area contributed by atoms with Crippen molar-refractivity contribution in [3.05, 3.63) is 35.7 Å². The molecule has 3 heterocycles. The number of carbonyl (C=O) groups is 2. The molecule has 128 valence electrons. The molecule has 0 bridgehead atoms. The van der Waals surface area contributed by atoms with Crippen LogP contribution in [-0.4, -0.2) is 44.4 Å². The minimum atomic E-state index is -0.222. The van der Waals surface area contributed by atoms with Crippen molar-refractivity contribution < 1.29 is 14.1 Å². The Labute approximate surface area is 140 Å². The molecule has 7 heteroatoms. The molecular weight excluding hydrogens is 308 g/mol. The summed E-state index contributed by atoms with van der Waals surface area (Å²) in [7, 11) is 1.80. The Balaban J connectivity index is 1.72. The van der Waals surface area contributed by atoms with Gasteiger partial charge in [-0.15, -0.1) is 0 Å². The van der Waals surface area contributed by atoms with Gasteiger partial charge in [0.1, 0.15) is 5.76 Å². The summed E-state index contributed by atoms with van der Waals surface area (Å²) >= 11 is 0. The third-order valence-corrected chi connectivity index (χ3v) is 4.44. The van der Waals surface area contributed by atoms with Gasteiger partial charge in [-0.3, -0.25) is 9.59 Å². The first-order valence-corrected chi connectivity index (χ1v) is 8.24. The normalized spacial score (nSPS) is 18.2. The highest BCUT2D eigenvalue weighted by Gasteiger charge is 2.32. The minimum Gasteiger partial charge on any atom is -0.360 e. The molecule has 0 radical (unpaired) electrons. The van der Waals surface area contributed by atoms with Gasteiger partial charge in [-0.25, -0.2) is 4.98 Å². The molecular formula is C17H22N4O3. The van der Waals surface area contributed by atoms with E-state index in [4.69, 9.17) is 4.52 Å². The van der Waals surface area contributed by atoms with Crippen LogP contribution >= 0.6 is 0 Å². The zero-order valence-corrected chi connectivity index (χ0v) is 14.2. The van der Waals surface area contributed by atoms with Crippen molar-refractivity contribution in [2.75, 3.05) is 13.1 Å². The van der Waals surface area contributed by atoms with E-state index in [1.807, 2.05) is 13.8 Å². The van der Waals surface area contributed by atoms with Gasteiger partial charge in [0, 0.05) is 50.4 Å². The molecule has 0 spiro atoms. The number of amides is 1. The fraction of sp³-hybridized carbons (Fsp3) is 0.529. The molecule has 2 aromatic rings. The van der Waals surface area contributed by atoms with Crippen LogP contribution in [0.15, 0.2) is 23.0 Å². The van der Waals surface area contributed by atoms with Crippen molar-refractivity contribution in [3.63, 3.8) is 0 Å². The molecule has 2 aromatic heterocycles. The van der Waals surface area contributed by atoms with Crippen LogP contribution in [0.5, 0.6) is 0 Å². The molecule has 1 unspecified atom stereocenters. The monoisotopic (exact) mass is 330 g/mol. The average molecular weight is 330 g/mol. The summed E-state index contributed by atoms with van der Waals surface area (Å²) in [5.74, 6) is 0.901. The van der Waals surface area contributed by atoms with Crippen LogP contribution in [0.25, 0.3) is 0 Å². The molecule has 7 nitrogen and oxygen atoms in total. The molecule has 1 amide bonds. The van der Waals surface area contributed by atoms with Crippen molar-refractivity contribution in [3.8, 4) is 0 Å². The molecule has 0 saturated carbocycles. The van der Waals surface area contributed by atoms with E-state index in [9.17, 15) is 9.59 Å². The summed E-state index contributed by atoms with van der Waals surface area (Å²) in [4.78, 5) is 31.1. The molecule has 1 aliphatic rings. The van der Waals surface area contributed by atoms with Gasteiger partial charge in [0.25, 0.3) is 5.91 Å². The maximum absolute atomic E-state index is 12.6. The molecule has 24 heavy (non-hydrogen) atoms. The maximum atomic E-state index is 12.6. The van der Waals surface area contributed by atoms with Gasteiger partial charge in [-0.2, -0.15) is 0 Å². The molecule has 1 saturated heterocycles. The van der Waals surface area contributed by atoms with Crippen molar-refractivity contribution in [1.82, 2.24) is 19.6 Å². The largest absolute Gasteiger partial charge is 0.360 e. The summed E-state index contributed by atoms with van der Waals surface area (Å²) in [6.45, 7) is 5.00. The van der Waals surface area contributed by atoms with Gasteiger partial charge in [-0.1, -0.05) is 19.0 Å². The van der Waals surface area contributed by atoms with Crippen LogP contribution in [0.2, 0.25) is 0 Å². The van der Waals surface area contributed by atoms with E-state index in [0.29, 0.717) is 30.4 Å². The number of rotatable bonds is 4. The van der Waals surface area contributed by atoms with E-state index < -0.39 is 0 Å². The predicted octanol–water partition coefficient (Wildman–Crippen LogP) is 2.27. The summed E-state index contributed by atoms with van der Waals surface area (Å²) in [6, 6.07) is 1.69. The highest BCUT2D eigenvalue weighted by Crippen LogP contribution is 2.23. The zero-order valence-electron chi connectivity index (χ0n) is 14.2. The number of likely N-dealkylation sites (tertiary alicyclic amines) is 1. The molecule has 0 aromatic carbocycles. The van der Waals surface area contributed by atoms with Crippen LogP contribution in [0.4, 0.5) is 0 Å². The molecule has 1 aliphatic heterocycles. The summed E-state index contributed by atoms with van der Waals surface area (Å²) in [5, 5.41) is 3.88. The van der Waals surface area contributed by atoms with Gasteiger partial charge in [0.2, 0.25) is 5.78 Å². The van der Waals surface area contributed by atoms with Crippen LogP contribution < -0.4 is 0 Å². The Morgan fingerprint density at radius 2 is 2.17 bits per heavy atom. The number of piperidine rings is 1. The third-order valence-electron chi connectivity index (χ3n) is 4.44. The van der Waals surface area contributed by atoms with E-state index in [-0.39, 0.29) is 23.5 Å². The number of carbonyl (C=O) groups excluding carboxylic acids is 2. The Hall–Kier alpha value is -2.44. The van der Waals surface area contributed by atoms with Crippen LogP contribution in [0.3, 0.4) is 0 Å². The zero-order chi connectivity index (χ0) is 17.3. The van der Waals surface area contributed by atoms with E-state index in [0.717, 1.165) is 12.8 Å². The Morgan fingerprint density at radius 3 is 2.79 bits per heavy atom. The van der Waals surface area contributed by atoms with E-state index in [2.05, 4.69) is 10.1 Å². The molecule has 1 fully saturated rings. The predicted molar refractivity (Wildman–Crippen MR) is 86.8 cm³/mol. The van der Waals surface area contributed by atoms with Crippen molar-refractivity contribution in [2.45, 2.75) is 32.6 Å². The van der Waals surface area contributed by atoms with Gasteiger partial charge in [0.15, 0.2) is 11.5 Å². The van der Waals surface area contributed by atoms with Gasteiger partial charge in [0.05, 0.1) is 0 Å². The fourth-order valence-corrected chi connectivity index (χ4v) is 2.99. The van der Waals surface area contributed by atoms with E-state index in [1.165, 1.54) is 0 Å². The first kappa shape index (κ1) is 16.4. The standard InChI is InChI=1S/C17H22N4O3/c1-11(2)14-9-13(19-24-14)17(23)21-7-4-5-12(10-21)15(22)16-18-6-8-20(16)3/h6,8-9,11-12H,4-5,7,10H2,1-3H3. The second-order valence-corrected chi connectivity index (χ2v) is 6.59. The number of hydrogen-bond donors (Lipinski definition) is 0. The Bertz CT molecular complexity index is 747. The molecule has 0 N–H and O–H groups in total. The highest BCUT2D eigenvalue weighted by molar-refractivity contribution is 5.96. The van der Waals surface area contributed by atoms with Gasteiger partial charge in [-0.05, 0) is 12.8 Å². The SMILES string of the molecule is CC(C)c1cc(C(=O)N2CCCC(C(=O)c3nccn3C)C2)no1. The number of imidazole rings is 1. The topological polar surface area (TPSA) is 81.2 Å². The average Bonchev–Trinajstić information content (AvgIpc) is 3.22. The maximum Gasteiger partial charge on any atom is 0.276 e. The number of aromatic nitrogens is 3. The Kier molecular flexibility index (Phi) is 4.51. The lowest BCUT2D eigenvalue weighted by Gasteiger charge is -2.31. The molecule has 0 aliphatic carbocycles.